The fourth-order valence-electron chi connectivity index (χ4n) is 4.25. The van der Waals surface area contributed by atoms with E-state index < -0.39 is 5.97 Å². The number of hydrogen-bond acceptors (Lipinski definition) is 3. The first-order valence-corrected chi connectivity index (χ1v) is 8.94. The molecule has 2 heterocycles. The molecule has 0 bridgehead atoms. The van der Waals surface area contributed by atoms with Crippen LogP contribution in [0.4, 0.5) is 0 Å². The van der Waals surface area contributed by atoms with Gasteiger partial charge < -0.3 is 10.0 Å². The van der Waals surface area contributed by atoms with Crippen molar-refractivity contribution in [1.82, 2.24) is 9.80 Å². The van der Waals surface area contributed by atoms with Crippen molar-refractivity contribution in [2.75, 3.05) is 26.2 Å². The number of likely N-dealkylation sites (tertiary alicyclic amines) is 2. The van der Waals surface area contributed by atoms with Crippen molar-refractivity contribution in [1.29, 1.82) is 0 Å². The molecular formula is C19H28N2O2. The summed E-state index contributed by atoms with van der Waals surface area (Å²) in [5.41, 5.74) is 1.41. The Labute approximate surface area is 139 Å². The van der Waals surface area contributed by atoms with Gasteiger partial charge in [-0.05, 0) is 56.8 Å². The summed E-state index contributed by atoms with van der Waals surface area (Å²) in [5.74, 6) is 0.0811. The van der Waals surface area contributed by atoms with Crippen LogP contribution in [0.3, 0.4) is 0 Å². The van der Waals surface area contributed by atoms with Crippen LogP contribution in [0.1, 0.15) is 37.7 Å². The molecule has 3 rings (SSSR count). The van der Waals surface area contributed by atoms with Crippen molar-refractivity contribution in [2.24, 2.45) is 5.92 Å². The lowest BCUT2D eigenvalue weighted by Gasteiger charge is -2.47. The maximum Gasteiger partial charge on any atom is 0.303 e. The molecule has 0 saturated carbocycles. The van der Waals surface area contributed by atoms with Gasteiger partial charge in [0.05, 0.1) is 0 Å². The highest BCUT2D eigenvalue weighted by Gasteiger charge is 2.35. The van der Waals surface area contributed by atoms with Gasteiger partial charge in [-0.2, -0.15) is 0 Å². The van der Waals surface area contributed by atoms with Gasteiger partial charge in [0, 0.05) is 25.6 Å². The normalized spacial score (nSPS) is 25.9. The van der Waals surface area contributed by atoms with E-state index in [1.165, 1.54) is 31.4 Å². The third-order valence-corrected chi connectivity index (χ3v) is 5.36. The van der Waals surface area contributed by atoms with E-state index in [-0.39, 0.29) is 0 Å². The zero-order chi connectivity index (χ0) is 16.1. The van der Waals surface area contributed by atoms with E-state index in [0.29, 0.717) is 12.5 Å². The third-order valence-electron chi connectivity index (χ3n) is 5.36. The smallest absolute Gasteiger partial charge is 0.303 e. The molecule has 0 amide bonds. The molecule has 2 saturated heterocycles. The fraction of sp³-hybridized carbons (Fsp3) is 0.632. The zero-order valence-electron chi connectivity index (χ0n) is 13.9. The molecule has 1 aromatic rings. The predicted molar refractivity (Wildman–Crippen MR) is 91.3 cm³/mol. The van der Waals surface area contributed by atoms with Crippen LogP contribution < -0.4 is 0 Å². The molecule has 2 aliphatic heterocycles. The highest BCUT2D eigenvalue weighted by Crippen LogP contribution is 2.31. The number of aliphatic carboxylic acids is 1. The lowest BCUT2D eigenvalue weighted by molar-refractivity contribution is -0.137. The van der Waals surface area contributed by atoms with Crippen LogP contribution in [-0.4, -0.2) is 53.1 Å². The topological polar surface area (TPSA) is 43.8 Å². The Balaban J connectivity index is 1.52. The van der Waals surface area contributed by atoms with E-state index in [2.05, 4.69) is 40.1 Å². The van der Waals surface area contributed by atoms with Crippen molar-refractivity contribution in [3.63, 3.8) is 0 Å². The molecule has 1 N–H and O–H groups in total. The number of piperidine rings is 2. The minimum atomic E-state index is -0.674. The molecule has 1 aromatic carbocycles. The van der Waals surface area contributed by atoms with Crippen LogP contribution in [0.25, 0.3) is 0 Å². The summed E-state index contributed by atoms with van der Waals surface area (Å²) >= 11 is 0. The van der Waals surface area contributed by atoms with Gasteiger partial charge in [-0.1, -0.05) is 30.3 Å². The van der Waals surface area contributed by atoms with E-state index in [1.54, 1.807) is 0 Å². The van der Waals surface area contributed by atoms with Crippen molar-refractivity contribution < 1.29 is 9.90 Å². The maximum absolute atomic E-state index is 10.7. The van der Waals surface area contributed by atoms with Crippen molar-refractivity contribution >= 4 is 5.97 Å². The molecule has 2 unspecified atom stereocenters. The van der Waals surface area contributed by atoms with E-state index >= 15 is 0 Å². The first-order valence-electron chi connectivity index (χ1n) is 8.94. The number of carboxylic acids is 1. The Bertz CT molecular complexity index is 505. The summed E-state index contributed by atoms with van der Waals surface area (Å²) in [5, 5.41) is 8.78. The largest absolute Gasteiger partial charge is 0.481 e. The van der Waals surface area contributed by atoms with E-state index in [4.69, 9.17) is 5.11 Å². The molecule has 2 aliphatic rings. The highest BCUT2D eigenvalue weighted by atomic mass is 16.4. The van der Waals surface area contributed by atoms with Crippen molar-refractivity contribution in [3.05, 3.63) is 35.9 Å². The summed E-state index contributed by atoms with van der Waals surface area (Å²) in [6, 6.07) is 11.5. The molecule has 4 heteroatoms. The number of fused-ring (bicyclic) bond motifs is 1. The summed E-state index contributed by atoms with van der Waals surface area (Å²) in [4.78, 5) is 15.8. The number of benzene rings is 1. The Kier molecular flexibility index (Phi) is 5.68. The van der Waals surface area contributed by atoms with E-state index in [9.17, 15) is 4.79 Å². The summed E-state index contributed by atoms with van der Waals surface area (Å²) < 4.78 is 0. The highest BCUT2D eigenvalue weighted by molar-refractivity contribution is 5.66. The van der Waals surface area contributed by atoms with Gasteiger partial charge in [0.15, 0.2) is 0 Å². The van der Waals surface area contributed by atoms with Gasteiger partial charge in [0.1, 0.15) is 0 Å². The first kappa shape index (κ1) is 16.5. The van der Waals surface area contributed by atoms with Gasteiger partial charge in [-0.3, -0.25) is 9.69 Å². The standard InChI is InChI=1S/C19H28N2O2/c22-19(23)9-5-11-20-13-10-18-17(15-20)8-4-12-21(18)14-16-6-2-1-3-7-16/h1-3,6-7,17-18H,4-5,8-15H2,(H,22,23). The second kappa shape index (κ2) is 7.93. The SMILES string of the molecule is O=C(O)CCCN1CCC2C(CCCN2Cc2ccccc2)C1. The van der Waals surface area contributed by atoms with Crippen LogP contribution in [0.5, 0.6) is 0 Å². The number of carboxylic acid groups (broad SMARTS) is 1. The summed E-state index contributed by atoms with van der Waals surface area (Å²) in [7, 11) is 0. The van der Waals surface area contributed by atoms with Crippen LogP contribution in [0.15, 0.2) is 30.3 Å². The van der Waals surface area contributed by atoms with E-state index in [0.717, 1.165) is 38.5 Å². The molecule has 23 heavy (non-hydrogen) atoms. The second-order valence-corrected chi connectivity index (χ2v) is 7.01. The fourth-order valence-corrected chi connectivity index (χ4v) is 4.25. The number of carbonyl (C=O) groups is 1. The van der Waals surface area contributed by atoms with Crippen molar-refractivity contribution in [3.8, 4) is 0 Å². The summed E-state index contributed by atoms with van der Waals surface area (Å²) in [6.45, 7) is 5.49. The molecule has 126 valence electrons. The van der Waals surface area contributed by atoms with E-state index in [1.807, 2.05) is 0 Å². The van der Waals surface area contributed by atoms with Crippen LogP contribution >= 0.6 is 0 Å². The predicted octanol–water partition coefficient (Wildman–Crippen LogP) is 2.84. The van der Waals surface area contributed by atoms with Gasteiger partial charge in [-0.25, -0.2) is 0 Å². The van der Waals surface area contributed by atoms with Crippen LogP contribution in [0.2, 0.25) is 0 Å². The van der Waals surface area contributed by atoms with Gasteiger partial charge in [0.25, 0.3) is 0 Å². The molecule has 4 nitrogen and oxygen atoms in total. The van der Waals surface area contributed by atoms with Crippen molar-refractivity contribution in [2.45, 2.75) is 44.7 Å². The minimum Gasteiger partial charge on any atom is -0.481 e. The average molecular weight is 316 g/mol. The number of rotatable bonds is 6. The number of nitrogens with zero attached hydrogens (tertiary/aromatic N) is 2. The lowest BCUT2D eigenvalue weighted by atomic mass is 9.83. The van der Waals surface area contributed by atoms with Crippen LogP contribution in [0, 0.1) is 5.92 Å². The van der Waals surface area contributed by atoms with Gasteiger partial charge >= 0.3 is 5.97 Å². The zero-order valence-corrected chi connectivity index (χ0v) is 13.9. The molecule has 2 atom stereocenters. The molecular weight excluding hydrogens is 288 g/mol. The minimum absolute atomic E-state index is 0.296. The Morgan fingerprint density at radius 2 is 2.00 bits per heavy atom. The Morgan fingerprint density at radius 1 is 1.17 bits per heavy atom. The molecule has 0 spiro atoms. The van der Waals surface area contributed by atoms with Gasteiger partial charge in [0.2, 0.25) is 0 Å². The van der Waals surface area contributed by atoms with Crippen LogP contribution in [-0.2, 0) is 11.3 Å². The monoisotopic (exact) mass is 316 g/mol. The first-order chi connectivity index (χ1) is 11.2. The molecule has 0 aromatic heterocycles. The maximum atomic E-state index is 10.7. The molecule has 2 fully saturated rings. The lowest BCUT2D eigenvalue weighted by Crippen LogP contribution is -2.53. The third kappa shape index (κ3) is 4.55. The average Bonchev–Trinajstić information content (AvgIpc) is 2.55. The summed E-state index contributed by atoms with van der Waals surface area (Å²) in [6.07, 6.45) is 4.91. The molecule has 0 aliphatic carbocycles. The quantitative estimate of drug-likeness (QED) is 0.876. The Morgan fingerprint density at radius 3 is 2.78 bits per heavy atom. The van der Waals surface area contributed by atoms with Gasteiger partial charge in [-0.15, -0.1) is 0 Å². The molecule has 0 radical (unpaired) electrons. The number of hydrogen-bond donors (Lipinski definition) is 1. The Hall–Kier alpha value is -1.39. The second-order valence-electron chi connectivity index (χ2n) is 7.01.